The van der Waals surface area contributed by atoms with Crippen LogP contribution in [-0.4, -0.2) is 43.5 Å². The molecule has 1 fully saturated rings. The highest BCUT2D eigenvalue weighted by Gasteiger charge is 2.27. The van der Waals surface area contributed by atoms with Gasteiger partial charge < -0.3 is 14.2 Å². The molecule has 1 saturated carbocycles. The summed E-state index contributed by atoms with van der Waals surface area (Å²) in [6, 6.07) is 1.79. The van der Waals surface area contributed by atoms with Crippen molar-refractivity contribution >= 4 is 15.9 Å². The summed E-state index contributed by atoms with van der Waals surface area (Å²) in [6.07, 6.45) is 3.26. The number of rotatable bonds is 9. The maximum absolute atomic E-state index is 5.57. The minimum Gasteiger partial charge on any atom is -0.475 e. The van der Waals surface area contributed by atoms with Crippen molar-refractivity contribution in [2.24, 2.45) is 0 Å². The van der Waals surface area contributed by atoms with Crippen molar-refractivity contribution < 1.29 is 14.2 Å². The van der Waals surface area contributed by atoms with E-state index in [0.29, 0.717) is 31.6 Å². The maximum Gasteiger partial charge on any atom is 0.217 e. The topological polar surface area (TPSA) is 53.5 Å². The standard InChI is InChI=1S/C13H19BrN2O3/c1-17-5-2-6-18-7-8-19-12-9-11(14)15-13(16-12)10-3-4-10/h9-10H,2-8H2,1H3. The van der Waals surface area contributed by atoms with E-state index < -0.39 is 0 Å². The van der Waals surface area contributed by atoms with Crippen molar-refractivity contribution in [1.29, 1.82) is 0 Å². The van der Waals surface area contributed by atoms with Gasteiger partial charge in [-0.3, -0.25) is 0 Å². The average molecular weight is 331 g/mol. The summed E-state index contributed by atoms with van der Waals surface area (Å²) in [5.41, 5.74) is 0. The molecule has 1 aliphatic rings. The third-order valence-corrected chi connectivity index (χ3v) is 3.15. The van der Waals surface area contributed by atoms with Crippen molar-refractivity contribution in [3.05, 3.63) is 16.5 Å². The molecule has 1 aliphatic carbocycles. The molecule has 1 aromatic heterocycles. The Morgan fingerprint density at radius 2 is 2.05 bits per heavy atom. The van der Waals surface area contributed by atoms with Crippen LogP contribution in [0.5, 0.6) is 5.88 Å². The minimum atomic E-state index is 0.501. The summed E-state index contributed by atoms with van der Waals surface area (Å²) in [6.45, 7) is 2.48. The fourth-order valence-corrected chi connectivity index (χ4v) is 2.00. The molecule has 0 bridgehead atoms. The fourth-order valence-electron chi connectivity index (χ4n) is 1.62. The molecule has 0 aliphatic heterocycles. The first kappa shape index (κ1) is 14.7. The lowest BCUT2D eigenvalue weighted by molar-refractivity contribution is 0.0794. The van der Waals surface area contributed by atoms with E-state index in [9.17, 15) is 0 Å². The van der Waals surface area contributed by atoms with Gasteiger partial charge in [-0.15, -0.1) is 0 Å². The number of aromatic nitrogens is 2. The Bertz CT molecular complexity index is 399. The number of methoxy groups -OCH3 is 1. The largest absolute Gasteiger partial charge is 0.475 e. The third kappa shape index (κ3) is 5.42. The zero-order valence-corrected chi connectivity index (χ0v) is 12.7. The monoisotopic (exact) mass is 330 g/mol. The molecule has 106 valence electrons. The van der Waals surface area contributed by atoms with E-state index in [1.54, 1.807) is 13.2 Å². The van der Waals surface area contributed by atoms with E-state index in [1.165, 1.54) is 12.8 Å². The van der Waals surface area contributed by atoms with Crippen molar-refractivity contribution in [2.45, 2.75) is 25.2 Å². The maximum atomic E-state index is 5.57. The molecule has 6 heteroatoms. The minimum absolute atomic E-state index is 0.501. The van der Waals surface area contributed by atoms with Gasteiger partial charge in [-0.25, -0.2) is 4.98 Å². The molecule has 0 amide bonds. The lowest BCUT2D eigenvalue weighted by atomic mass is 10.4. The van der Waals surface area contributed by atoms with E-state index >= 15 is 0 Å². The summed E-state index contributed by atoms with van der Waals surface area (Å²) in [7, 11) is 1.69. The van der Waals surface area contributed by atoms with Crippen LogP contribution in [0.1, 0.15) is 31.0 Å². The van der Waals surface area contributed by atoms with Crippen molar-refractivity contribution in [1.82, 2.24) is 9.97 Å². The number of halogens is 1. The van der Waals surface area contributed by atoms with Crippen LogP contribution in [0.4, 0.5) is 0 Å². The van der Waals surface area contributed by atoms with Crippen LogP contribution in [0, 0.1) is 0 Å². The van der Waals surface area contributed by atoms with E-state index in [2.05, 4.69) is 25.9 Å². The molecule has 5 nitrogen and oxygen atoms in total. The lowest BCUT2D eigenvalue weighted by Gasteiger charge is -2.08. The highest BCUT2D eigenvalue weighted by Crippen LogP contribution is 2.38. The normalized spacial score (nSPS) is 14.6. The molecule has 0 N–H and O–H groups in total. The molecule has 0 aromatic carbocycles. The van der Waals surface area contributed by atoms with Crippen molar-refractivity contribution in [3.63, 3.8) is 0 Å². The van der Waals surface area contributed by atoms with Crippen LogP contribution in [0.3, 0.4) is 0 Å². The molecular weight excluding hydrogens is 312 g/mol. The Morgan fingerprint density at radius 3 is 2.79 bits per heavy atom. The molecule has 19 heavy (non-hydrogen) atoms. The van der Waals surface area contributed by atoms with Gasteiger partial charge in [0.25, 0.3) is 0 Å². The molecule has 1 aromatic rings. The molecule has 0 radical (unpaired) electrons. The molecule has 1 heterocycles. The second kappa shape index (κ2) is 7.77. The predicted octanol–water partition coefficient (Wildman–Crippen LogP) is 2.55. The van der Waals surface area contributed by atoms with Gasteiger partial charge in [-0.05, 0) is 35.2 Å². The van der Waals surface area contributed by atoms with Crippen LogP contribution >= 0.6 is 15.9 Å². The highest BCUT2D eigenvalue weighted by atomic mass is 79.9. The van der Waals surface area contributed by atoms with E-state index in [-0.39, 0.29) is 0 Å². The van der Waals surface area contributed by atoms with Crippen molar-refractivity contribution in [2.75, 3.05) is 33.5 Å². The fraction of sp³-hybridized carbons (Fsp3) is 0.692. The summed E-state index contributed by atoms with van der Waals surface area (Å²) < 4.78 is 16.7. The summed E-state index contributed by atoms with van der Waals surface area (Å²) in [4.78, 5) is 8.76. The van der Waals surface area contributed by atoms with Gasteiger partial charge in [0.15, 0.2) is 0 Å². The van der Waals surface area contributed by atoms with Crippen LogP contribution in [-0.2, 0) is 9.47 Å². The molecule has 0 atom stereocenters. The highest BCUT2D eigenvalue weighted by molar-refractivity contribution is 9.10. The lowest BCUT2D eigenvalue weighted by Crippen LogP contribution is -2.10. The quantitative estimate of drug-likeness (QED) is 0.514. The molecule has 0 unspecified atom stereocenters. The van der Waals surface area contributed by atoms with Crippen LogP contribution in [0.25, 0.3) is 0 Å². The number of ether oxygens (including phenoxy) is 3. The summed E-state index contributed by atoms with van der Waals surface area (Å²) >= 11 is 3.38. The second-order valence-corrected chi connectivity index (χ2v) is 5.28. The van der Waals surface area contributed by atoms with Gasteiger partial charge in [-0.1, -0.05) is 0 Å². The Balaban J connectivity index is 1.67. The Labute approximate surface area is 121 Å². The van der Waals surface area contributed by atoms with Crippen LogP contribution in [0.2, 0.25) is 0 Å². The summed E-state index contributed by atoms with van der Waals surface area (Å²) in [5, 5.41) is 0. The van der Waals surface area contributed by atoms with E-state index in [0.717, 1.165) is 23.5 Å². The second-order valence-electron chi connectivity index (χ2n) is 4.47. The Kier molecular flexibility index (Phi) is 6.00. The van der Waals surface area contributed by atoms with E-state index in [4.69, 9.17) is 14.2 Å². The molecule has 0 spiro atoms. The number of nitrogens with zero attached hydrogens (tertiary/aromatic N) is 2. The number of hydrogen-bond donors (Lipinski definition) is 0. The molecule has 2 rings (SSSR count). The Morgan fingerprint density at radius 1 is 1.21 bits per heavy atom. The van der Waals surface area contributed by atoms with E-state index in [1.807, 2.05) is 0 Å². The van der Waals surface area contributed by atoms with Gasteiger partial charge in [0, 0.05) is 32.3 Å². The molecule has 0 saturated heterocycles. The van der Waals surface area contributed by atoms with Gasteiger partial charge in [0.2, 0.25) is 5.88 Å². The zero-order chi connectivity index (χ0) is 13.5. The van der Waals surface area contributed by atoms with Crippen molar-refractivity contribution in [3.8, 4) is 5.88 Å². The smallest absolute Gasteiger partial charge is 0.217 e. The summed E-state index contributed by atoms with van der Waals surface area (Å²) in [5.74, 6) is 2.01. The zero-order valence-electron chi connectivity index (χ0n) is 11.1. The van der Waals surface area contributed by atoms with Gasteiger partial charge in [-0.2, -0.15) is 4.98 Å². The predicted molar refractivity (Wildman–Crippen MR) is 74.5 cm³/mol. The Hall–Kier alpha value is -0.720. The van der Waals surface area contributed by atoms with Crippen LogP contribution < -0.4 is 4.74 Å². The first-order valence-electron chi connectivity index (χ1n) is 6.53. The molecular formula is C13H19BrN2O3. The third-order valence-electron chi connectivity index (χ3n) is 2.75. The SMILES string of the molecule is COCCCOCCOc1cc(Br)nc(C2CC2)n1. The van der Waals surface area contributed by atoms with Gasteiger partial charge >= 0.3 is 0 Å². The van der Waals surface area contributed by atoms with Crippen LogP contribution in [0.15, 0.2) is 10.7 Å². The van der Waals surface area contributed by atoms with Gasteiger partial charge in [0.05, 0.1) is 6.61 Å². The number of hydrogen-bond acceptors (Lipinski definition) is 5. The first-order chi connectivity index (χ1) is 9.29. The first-order valence-corrected chi connectivity index (χ1v) is 7.33. The average Bonchev–Trinajstić information content (AvgIpc) is 3.21. The van der Waals surface area contributed by atoms with Gasteiger partial charge in [0.1, 0.15) is 17.0 Å².